The summed E-state index contributed by atoms with van der Waals surface area (Å²) in [5.41, 5.74) is 0. The third-order valence-corrected chi connectivity index (χ3v) is 2.61. The first-order valence-electron chi connectivity index (χ1n) is 5.36. The van der Waals surface area contributed by atoms with Crippen LogP contribution < -0.4 is 4.74 Å². The Morgan fingerprint density at radius 2 is 1.56 bits per heavy atom. The normalized spacial score (nSPS) is 10.4. The topological polar surface area (TPSA) is 27.7 Å². The van der Waals surface area contributed by atoms with Crippen molar-refractivity contribution in [2.24, 2.45) is 0 Å². The van der Waals surface area contributed by atoms with Crippen molar-refractivity contribution in [2.45, 2.75) is 6.92 Å². The second kappa shape index (κ2) is 8.78. The number of hydrogen-bond acceptors (Lipinski definition) is 3. The van der Waals surface area contributed by atoms with Gasteiger partial charge in [0.1, 0.15) is 12.4 Å². The van der Waals surface area contributed by atoms with Crippen LogP contribution in [0.4, 0.5) is 0 Å². The molecule has 0 amide bonds. The van der Waals surface area contributed by atoms with Crippen molar-refractivity contribution in [1.82, 2.24) is 0 Å². The van der Waals surface area contributed by atoms with Crippen LogP contribution in [-0.2, 0) is 9.47 Å². The highest BCUT2D eigenvalue weighted by Gasteiger charge is 1.93. The first-order chi connectivity index (χ1) is 7.83. The molecule has 0 aliphatic carbocycles. The van der Waals surface area contributed by atoms with Gasteiger partial charge in [-0.25, -0.2) is 0 Å². The third kappa shape index (κ3) is 6.30. The minimum Gasteiger partial charge on any atom is -0.491 e. The van der Waals surface area contributed by atoms with E-state index in [9.17, 15) is 0 Å². The molecule has 90 valence electrons. The lowest BCUT2D eigenvalue weighted by atomic mass is 10.3. The summed E-state index contributed by atoms with van der Waals surface area (Å²) < 4.78 is 17.2. The van der Waals surface area contributed by atoms with Crippen LogP contribution in [0.2, 0.25) is 0 Å². The zero-order valence-corrected chi connectivity index (χ0v) is 11.6. The van der Waals surface area contributed by atoms with Gasteiger partial charge in [0.05, 0.1) is 19.8 Å². The van der Waals surface area contributed by atoms with Crippen molar-refractivity contribution in [3.05, 3.63) is 27.8 Å². The van der Waals surface area contributed by atoms with Crippen LogP contribution in [0.5, 0.6) is 5.75 Å². The van der Waals surface area contributed by atoms with Crippen molar-refractivity contribution >= 4 is 22.6 Å². The van der Waals surface area contributed by atoms with Gasteiger partial charge in [-0.3, -0.25) is 0 Å². The molecule has 1 rings (SSSR count). The SMILES string of the molecule is CCOCCOCCOc1ccc(I)cc1. The Bertz CT molecular complexity index is 274. The molecule has 4 heteroatoms. The van der Waals surface area contributed by atoms with E-state index in [1.807, 2.05) is 31.2 Å². The molecule has 0 saturated heterocycles. The van der Waals surface area contributed by atoms with Crippen molar-refractivity contribution in [3.8, 4) is 5.75 Å². The van der Waals surface area contributed by atoms with Crippen molar-refractivity contribution < 1.29 is 14.2 Å². The Hall–Kier alpha value is -0.330. The van der Waals surface area contributed by atoms with E-state index in [0.717, 1.165) is 12.4 Å². The highest BCUT2D eigenvalue weighted by atomic mass is 127. The Morgan fingerprint density at radius 3 is 2.25 bits per heavy atom. The molecule has 0 unspecified atom stereocenters. The van der Waals surface area contributed by atoms with Gasteiger partial charge < -0.3 is 14.2 Å². The van der Waals surface area contributed by atoms with Crippen LogP contribution in [0.1, 0.15) is 6.92 Å². The van der Waals surface area contributed by atoms with Gasteiger partial charge in [-0.2, -0.15) is 0 Å². The van der Waals surface area contributed by atoms with Crippen LogP contribution in [0.15, 0.2) is 24.3 Å². The van der Waals surface area contributed by atoms with Gasteiger partial charge in [0.2, 0.25) is 0 Å². The van der Waals surface area contributed by atoms with Gasteiger partial charge >= 0.3 is 0 Å². The summed E-state index contributed by atoms with van der Waals surface area (Å²) in [6.45, 7) is 5.16. The summed E-state index contributed by atoms with van der Waals surface area (Å²) in [6.07, 6.45) is 0. The zero-order valence-electron chi connectivity index (χ0n) is 9.45. The smallest absolute Gasteiger partial charge is 0.119 e. The van der Waals surface area contributed by atoms with Gasteiger partial charge in [0.15, 0.2) is 0 Å². The van der Waals surface area contributed by atoms with E-state index >= 15 is 0 Å². The first-order valence-corrected chi connectivity index (χ1v) is 6.44. The first kappa shape index (κ1) is 13.7. The fourth-order valence-electron chi connectivity index (χ4n) is 1.11. The van der Waals surface area contributed by atoms with Gasteiger partial charge in [-0.05, 0) is 53.8 Å². The fraction of sp³-hybridized carbons (Fsp3) is 0.500. The van der Waals surface area contributed by atoms with Crippen LogP contribution in [0.25, 0.3) is 0 Å². The molecule has 0 aromatic heterocycles. The molecule has 0 spiro atoms. The summed E-state index contributed by atoms with van der Waals surface area (Å²) >= 11 is 2.27. The molecule has 1 aromatic rings. The average molecular weight is 336 g/mol. The lowest BCUT2D eigenvalue weighted by Gasteiger charge is -2.07. The summed E-state index contributed by atoms with van der Waals surface area (Å²) in [4.78, 5) is 0. The predicted molar refractivity (Wildman–Crippen MR) is 72.0 cm³/mol. The summed E-state index contributed by atoms with van der Waals surface area (Å²) in [7, 11) is 0. The molecule has 16 heavy (non-hydrogen) atoms. The molecular weight excluding hydrogens is 319 g/mol. The summed E-state index contributed by atoms with van der Waals surface area (Å²) in [5, 5.41) is 0. The Balaban J connectivity index is 2.01. The Labute approximate surface area is 110 Å². The van der Waals surface area contributed by atoms with Crippen molar-refractivity contribution in [1.29, 1.82) is 0 Å². The number of hydrogen-bond donors (Lipinski definition) is 0. The fourth-order valence-corrected chi connectivity index (χ4v) is 1.47. The third-order valence-electron chi connectivity index (χ3n) is 1.89. The molecule has 1 aromatic carbocycles. The number of halogens is 1. The van der Waals surface area contributed by atoms with Crippen molar-refractivity contribution in [3.63, 3.8) is 0 Å². The highest BCUT2D eigenvalue weighted by Crippen LogP contribution is 2.13. The van der Waals surface area contributed by atoms with Crippen LogP contribution >= 0.6 is 22.6 Å². The Morgan fingerprint density at radius 1 is 0.938 bits per heavy atom. The van der Waals surface area contributed by atoms with E-state index in [2.05, 4.69) is 22.6 Å². The van der Waals surface area contributed by atoms with Crippen LogP contribution in [-0.4, -0.2) is 33.0 Å². The largest absolute Gasteiger partial charge is 0.491 e. The lowest BCUT2D eigenvalue weighted by molar-refractivity contribution is 0.0405. The minimum atomic E-state index is 0.576. The number of ether oxygens (including phenoxy) is 3. The molecule has 0 radical (unpaired) electrons. The van der Waals surface area contributed by atoms with E-state index in [0.29, 0.717) is 26.4 Å². The zero-order chi connectivity index (χ0) is 11.6. The predicted octanol–water partition coefficient (Wildman–Crippen LogP) is 2.72. The second-order valence-corrected chi connectivity index (χ2v) is 4.36. The van der Waals surface area contributed by atoms with Gasteiger partial charge in [0.25, 0.3) is 0 Å². The number of rotatable bonds is 8. The summed E-state index contributed by atoms with van der Waals surface area (Å²) in [5.74, 6) is 0.883. The van der Waals surface area contributed by atoms with Crippen molar-refractivity contribution in [2.75, 3.05) is 33.0 Å². The molecule has 0 N–H and O–H groups in total. The van der Waals surface area contributed by atoms with E-state index in [1.165, 1.54) is 3.57 Å². The van der Waals surface area contributed by atoms with Crippen LogP contribution in [0, 0.1) is 3.57 Å². The molecule has 0 aliphatic heterocycles. The maximum absolute atomic E-state index is 5.50. The molecule has 0 heterocycles. The van der Waals surface area contributed by atoms with E-state index in [1.54, 1.807) is 0 Å². The standard InChI is InChI=1S/C12H17IO3/c1-2-14-7-8-15-9-10-16-12-5-3-11(13)4-6-12/h3-6H,2,7-10H2,1H3. The van der Waals surface area contributed by atoms with Gasteiger partial charge in [0, 0.05) is 10.2 Å². The molecule has 0 fully saturated rings. The Kier molecular flexibility index (Phi) is 7.54. The maximum Gasteiger partial charge on any atom is 0.119 e. The van der Waals surface area contributed by atoms with Crippen LogP contribution in [0.3, 0.4) is 0 Å². The van der Waals surface area contributed by atoms with Gasteiger partial charge in [-0.1, -0.05) is 0 Å². The lowest BCUT2D eigenvalue weighted by Crippen LogP contribution is -2.10. The molecule has 3 nitrogen and oxygen atoms in total. The monoisotopic (exact) mass is 336 g/mol. The molecule has 0 saturated carbocycles. The summed E-state index contributed by atoms with van der Waals surface area (Å²) in [6, 6.07) is 7.96. The maximum atomic E-state index is 5.50. The number of benzene rings is 1. The molecule has 0 bridgehead atoms. The minimum absolute atomic E-state index is 0.576. The second-order valence-electron chi connectivity index (χ2n) is 3.11. The van der Waals surface area contributed by atoms with E-state index < -0.39 is 0 Å². The van der Waals surface area contributed by atoms with E-state index in [4.69, 9.17) is 14.2 Å². The average Bonchev–Trinajstić information content (AvgIpc) is 2.30. The molecule has 0 aliphatic rings. The quantitative estimate of drug-likeness (QED) is 0.540. The highest BCUT2D eigenvalue weighted by molar-refractivity contribution is 14.1. The van der Waals surface area contributed by atoms with Gasteiger partial charge in [-0.15, -0.1) is 0 Å². The molecular formula is C12H17IO3. The van der Waals surface area contributed by atoms with E-state index in [-0.39, 0.29) is 0 Å². The molecule has 0 atom stereocenters.